The summed E-state index contributed by atoms with van der Waals surface area (Å²) in [7, 11) is 2.09. The van der Waals surface area contributed by atoms with E-state index in [1.807, 2.05) is 18.2 Å². The molecule has 2 fully saturated rings. The Morgan fingerprint density at radius 3 is 2.62 bits per heavy atom. The Bertz CT molecular complexity index is 601. The zero-order chi connectivity index (χ0) is 18.5. The summed E-state index contributed by atoms with van der Waals surface area (Å²) >= 11 is 0. The lowest BCUT2D eigenvalue weighted by Gasteiger charge is -2.33. The van der Waals surface area contributed by atoms with Crippen LogP contribution in [-0.4, -0.2) is 65.6 Å². The molecule has 0 radical (unpaired) electrons. The van der Waals surface area contributed by atoms with Crippen molar-refractivity contribution in [1.82, 2.24) is 15.1 Å². The summed E-state index contributed by atoms with van der Waals surface area (Å²) in [4.78, 5) is 17.1. The Balaban J connectivity index is 1.39. The second-order valence-electron chi connectivity index (χ2n) is 7.78. The minimum atomic E-state index is 0.172. The SMILES string of the molecule is CN1[C@@H](CN)CC[C@H]1CC(=O)NC1CCN(Cc2cccc(O)c2)CC1. The number of carbonyl (C=O) groups is 1. The van der Waals surface area contributed by atoms with Crippen LogP contribution in [0.5, 0.6) is 5.75 Å². The Morgan fingerprint density at radius 1 is 1.23 bits per heavy atom. The number of rotatable bonds is 6. The second-order valence-corrected chi connectivity index (χ2v) is 7.78. The number of nitrogens with zero attached hydrogens (tertiary/aromatic N) is 2. The molecule has 2 aliphatic heterocycles. The number of hydrogen-bond donors (Lipinski definition) is 3. The first-order valence-electron chi connectivity index (χ1n) is 9.76. The minimum absolute atomic E-state index is 0.172. The van der Waals surface area contributed by atoms with Crippen molar-refractivity contribution in [2.45, 2.75) is 56.8 Å². The monoisotopic (exact) mass is 360 g/mol. The second kappa shape index (κ2) is 8.84. The molecular weight excluding hydrogens is 328 g/mol. The molecule has 26 heavy (non-hydrogen) atoms. The van der Waals surface area contributed by atoms with Crippen LogP contribution in [0.15, 0.2) is 24.3 Å². The summed E-state index contributed by atoms with van der Waals surface area (Å²) in [5, 5.41) is 12.8. The number of likely N-dealkylation sites (N-methyl/N-ethyl adjacent to an activating group) is 1. The van der Waals surface area contributed by atoms with Gasteiger partial charge in [0, 0.05) is 50.7 Å². The van der Waals surface area contributed by atoms with Crippen LogP contribution in [0.3, 0.4) is 0 Å². The minimum Gasteiger partial charge on any atom is -0.508 e. The molecule has 0 bridgehead atoms. The smallest absolute Gasteiger partial charge is 0.221 e. The molecule has 2 atom stereocenters. The van der Waals surface area contributed by atoms with E-state index in [1.54, 1.807) is 6.07 Å². The zero-order valence-corrected chi connectivity index (χ0v) is 15.7. The number of piperidine rings is 1. The van der Waals surface area contributed by atoms with Gasteiger partial charge in [0.1, 0.15) is 5.75 Å². The molecule has 4 N–H and O–H groups in total. The molecule has 1 aromatic carbocycles. The fourth-order valence-corrected chi connectivity index (χ4v) is 4.27. The van der Waals surface area contributed by atoms with Crippen LogP contribution in [-0.2, 0) is 11.3 Å². The van der Waals surface area contributed by atoms with Gasteiger partial charge < -0.3 is 16.2 Å². The van der Waals surface area contributed by atoms with E-state index < -0.39 is 0 Å². The van der Waals surface area contributed by atoms with E-state index in [9.17, 15) is 9.90 Å². The standard InChI is InChI=1S/C20H32N4O2/c1-23-17(5-6-18(23)13-21)12-20(26)22-16-7-9-24(10-8-16)14-15-3-2-4-19(25)11-15/h2-4,11,16-18,25H,5-10,12-14,21H2,1H3,(H,22,26)/t17-,18+/m0/s1. The van der Waals surface area contributed by atoms with Gasteiger partial charge in [0.05, 0.1) is 0 Å². The van der Waals surface area contributed by atoms with Crippen molar-refractivity contribution in [3.63, 3.8) is 0 Å². The van der Waals surface area contributed by atoms with Crippen molar-refractivity contribution in [3.05, 3.63) is 29.8 Å². The Labute approximate surface area is 156 Å². The summed E-state index contributed by atoms with van der Waals surface area (Å²) in [6.07, 6.45) is 4.70. The maximum atomic E-state index is 12.4. The van der Waals surface area contributed by atoms with Crippen molar-refractivity contribution < 1.29 is 9.90 Å². The fourth-order valence-electron chi connectivity index (χ4n) is 4.27. The van der Waals surface area contributed by atoms with Crippen LogP contribution < -0.4 is 11.1 Å². The number of benzene rings is 1. The van der Waals surface area contributed by atoms with E-state index in [0.29, 0.717) is 30.8 Å². The van der Waals surface area contributed by atoms with Crippen LogP contribution in [0, 0.1) is 0 Å². The number of nitrogens with one attached hydrogen (secondary N) is 1. The normalized spacial score (nSPS) is 25.5. The number of likely N-dealkylation sites (tertiary alicyclic amines) is 2. The highest BCUT2D eigenvalue weighted by Gasteiger charge is 2.31. The van der Waals surface area contributed by atoms with Gasteiger partial charge in [0.2, 0.25) is 5.91 Å². The predicted molar refractivity (Wildman–Crippen MR) is 103 cm³/mol. The number of nitrogens with two attached hydrogens (primary N) is 1. The molecule has 1 amide bonds. The molecule has 3 rings (SSSR count). The number of hydrogen-bond acceptors (Lipinski definition) is 5. The van der Waals surface area contributed by atoms with E-state index in [0.717, 1.165) is 50.9 Å². The van der Waals surface area contributed by atoms with Gasteiger partial charge in [-0.2, -0.15) is 0 Å². The van der Waals surface area contributed by atoms with Crippen molar-refractivity contribution in [2.24, 2.45) is 5.73 Å². The molecule has 2 aliphatic rings. The zero-order valence-electron chi connectivity index (χ0n) is 15.7. The van der Waals surface area contributed by atoms with E-state index >= 15 is 0 Å². The molecule has 0 unspecified atom stereocenters. The Morgan fingerprint density at radius 2 is 1.96 bits per heavy atom. The first-order valence-corrected chi connectivity index (χ1v) is 9.76. The van der Waals surface area contributed by atoms with E-state index in [2.05, 4.69) is 22.2 Å². The van der Waals surface area contributed by atoms with Gasteiger partial charge in [-0.1, -0.05) is 12.1 Å². The average molecular weight is 361 g/mol. The Hall–Kier alpha value is -1.63. The summed E-state index contributed by atoms with van der Waals surface area (Å²) in [5.41, 5.74) is 6.91. The molecule has 0 aromatic heterocycles. The fraction of sp³-hybridized carbons (Fsp3) is 0.650. The maximum Gasteiger partial charge on any atom is 0.221 e. The quantitative estimate of drug-likeness (QED) is 0.712. The molecule has 2 saturated heterocycles. The van der Waals surface area contributed by atoms with Gasteiger partial charge in [0.25, 0.3) is 0 Å². The molecule has 1 aromatic rings. The summed E-state index contributed by atoms with van der Waals surface area (Å²) < 4.78 is 0. The van der Waals surface area contributed by atoms with Crippen molar-refractivity contribution in [2.75, 3.05) is 26.7 Å². The lowest BCUT2D eigenvalue weighted by molar-refractivity contribution is -0.123. The number of phenols is 1. The highest BCUT2D eigenvalue weighted by Crippen LogP contribution is 2.24. The van der Waals surface area contributed by atoms with Gasteiger partial charge in [-0.15, -0.1) is 0 Å². The first kappa shape index (κ1) is 19.1. The molecule has 0 spiro atoms. The van der Waals surface area contributed by atoms with Crippen LogP contribution in [0.4, 0.5) is 0 Å². The molecule has 6 nitrogen and oxygen atoms in total. The summed E-state index contributed by atoms with van der Waals surface area (Å²) in [6, 6.07) is 8.47. The van der Waals surface area contributed by atoms with E-state index in [1.165, 1.54) is 0 Å². The molecular formula is C20H32N4O2. The number of amides is 1. The van der Waals surface area contributed by atoms with Gasteiger partial charge in [0.15, 0.2) is 0 Å². The Kier molecular flexibility index (Phi) is 6.51. The highest BCUT2D eigenvalue weighted by molar-refractivity contribution is 5.77. The maximum absolute atomic E-state index is 12.4. The largest absolute Gasteiger partial charge is 0.508 e. The molecule has 144 valence electrons. The van der Waals surface area contributed by atoms with Crippen LogP contribution in [0.25, 0.3) is 0 Å². The van der Waals surface area contributed by atoms with Crippen molar-refractivity contribution in [3.8, 4) is 5.75 Å². The summed E-state index contributed by atoms with van der Waals surface area (Å²) in [6.45, 7) is 3.47. The lowest BCUT2D eigenvalue weighted by atomic mass is 10.0. The number of aromatic hydroxyl groups is 1. The van der Waals surface area contributed by atoms with Crippen LogP contribution >= 0.6 is 0 Å². The molecule has 0 aliphatic carbocycles. The third-order valence-corrected chi connectivity index (χ3v) is 5.95. The molecule has 0 saturated carbocycles. The third-order valence-electron chi connectivity index (χ3n) is 5.95. The summed E-state index contributed by atoms with van der Waals surface area (Å²) in [5.74, 6) is 0.490. The number of carbonyl (C=O) groups excluding carboxylic acids is 1. The van der Waals surface area contributed by atoms with E-state index in [4.69, 9.17) is 5.73 Å². The van der Waals surface area contributed by atoms with Gasteiger partial charge in [-0.25, -0.2) is 0 Å². The number of phenolic OH excluding ortho intramolecular Hbond substituents is 1. The van der Waals surface area contributed by atoms with Crippen LogP contribution in [0.2, 0.25) is 0 Å². The predicted octanol–water partition coefficient (Wildman–Crippen LogP) is 1.28. The first-order chi connectivity index (χ1) is 12.5. The van der Waals surface area contributed by atoms with Gasteiger partial charge in [-0.3, -0.25) is 14.6 Å². The molecule has 2 heterocycles. The van der Waals surface area contributed by atoms with Gasteiger partial charge in [-0.05, 0) is 50.4 Å². The topological polar surface area (TPSA) is 81.8 Å². The lowest BCUT2D eigenvalue weighted by Crippen LogP contribution is -2.46. The average Bonchev–Trinajstić information content (AvgIpc) is 2.96. The van der Waals surface area contributed by atoms with E-state index in [-0.39, 0.29) is 11.9 Å². The van der Waals surface area contributed by atoms with Crippen molar-refractivity contribution >= 4 is 5.91 Å². The highest BCUT2D eigenvalue weighted by atomic mass is 16.3. The molecule has 6 heteroatoms. The van der Waals surface area contributed by atoms with Crippen molar-refractivity contribution in [1.29, 1.82) is 0 Å². The van der Waals surface area contributed by atoms with Crippen LogP contribution in [0.1, 0.15) is 37.7 Å². The van der Waals surface area contributed by atoms with Gasteiger partial charge >= 0.3 is 0 Å². The third kappa shape index (κ3) is 4.96.